The molecule has 67 heavy (non-hydrogen) atoms. The Balaban J connectivity index is 0.973. The molecule has 3 aliphatic rings. The van der Waals surface area contributed by atoms with Gasteiger partial charge in [0, 0.05) is 42.0 Å². The highest BCUT2D eigenvalue weighted by atomic mass is 19.1. The lowest BCUT2D eigenvalue weighted by atomic mass is 9.81. The number of nitrogens with zero attached hydrogens (tertiary/aromatic N) is 2. The van der Waals surface area contributed by atoms with Gasteiger partial charge in [0.15, 0.2) is 5.60 Å². The van der Waals surface area contributed by atoms with Crippen molar-refractivity contribution in [1.29, 1.82) is 0 Å². The molecule has 20 heteroatoms. The third kappa shape index (κ3) is 10.3. The van der Waals surface area contributed by atoms with E-state index < -0.39 is 95.9 Å². The number of fused-ring (bicyclic) bond motifs is 5. The SMILES string of the molecule is CC[C@@]1(O)C(=O)OCc2c1cc1n(c2=O)Cc2c-1nc1cc(F)c(C)c3c1c2[C@@H](NC(=O)CCNC(=O)CNC(=O)[C@H](Cc1ccccc1)NC(=O)CNC(=O)CNC(=O)OC(C)(C)C)CC3. The van der Waals surface area contributed by atoms with Crippen LogP contribution < -0.4 is 37.5 Å². The van der Waals surface area contributed by atoms with Crippen LogP contribution in [0.15, 0.2) is 47.3 Å². The molecule has 0 saturated heterocycles. The smallest absolute Gasteiger partial charge is 0.408 e. The number of pyridine rings is 2. The second-order valence-electron chi connectivity index (χ2n) is 17.7. The Morgan fingerprint density at radius 1 is 0.940 bits per heavy atom. The topological polar surface area (TPSA) is 265 Å². The fourth-order valence-corrected chi connectivity index (χ4v) is 8.65. The van der Waals surface area contributed by atoms with E-state index in [1.165, 1.54) is 10.6 Å². The number of carbonyl (C=O) groups is 7. The van der Waals surface area contributed by atoms with Gasteiger partial charge in [0.2, 0.25) is 29.5 Å². The highest BCUT2D eigenvalue weighted by Crippen LogP contribution is 2.46. The van der Waals surface area contributed by atoms with Crippen LogP contribution in [0.3, 0.4) is 0 Å². The van der Waals surface area contributed by atoms with Gasteiger partial charge < -0.3 is 51.0 Å². The molecule has 19 nitrogen and oxygen atoms in total. The van der Waals surface area contributed by atoms with Crippen molar-refractivity contribution in [2.45, 2.75) is 103 Å². The summed E-state index contributed by atoms with van der Waals surface area (Å²) < 4.78 is 27.1. The molecule has 354 valence electrons. The first-order valence-corrected chi connectivity index (χ1v) is 22.0. The van der Waals surface area contributed by atoms with Crippen LogP contribution in [0.4, 0.5) is 9.18 Å². The molecule has 3 atom stereocenters. The average molecular weight is 925 g/mol. The fraction of sp³-hybridized carbons (Fsp3) is 0.426. The van der Waals surface area contributed by atoms with Crippen molar-refractivity contribution in [3.05, 3.63) is 97.6 Å². The van der Waals surface area contributed by atoms with Crippen LogP contribution in [0, 0.1) is 12.7 Å². The predicted molar refractivity (Wildman–Crippen MR) is 238 cm³/mol. The van der Waals surface area contributed by atoms with Crippen LogP contribution in [0.1, 0.15) is 91.9 Å². The average Bonchev–Trinajstić information content (AvgIpc) is 3.65. The molecular weight excluding hydrogens is 872 g/mol. The molecule has 0 bridgehead atoms. The van der Waals surface area contributed by atoms with Gasteiger partial charge in [-0.3, -0.25) is 28.8 Å². The Hall–Kier alpha value is -7.22. The summed E-state index contributed by atoms with van der Waals surface area (Å²) in [6.07, 6.45) is -0.121. The minimum Gasteiger partial charge on any atom is -0.458 e. The first-order valence-electron chi connectivity index (χ1n) is 22.0. The molecule has 2 aromatic carbocycles. The number of hydrogen-bond acceptors (Lipinski definition) is 12. The molecule has 0 unspecified atom stereocenters. The van der Waals surface area contributed by atoms with Crippen LogP contribution in [0.2, 0.25) is 0 Å². The summed E-state index contributed by atoms with van der Waals surface area (Å²) in [5.74, 6) is -4.39. The maximum Gasteiger partial charge on any atom is 0.408 e. The molecule has 0 fully saturated rings. The number of halogens is 1. The van der Waals surface area contributed by atoms with Crippen molar-refractivity contribution in [2.75, 3.05) is 26.2 Å². The Morgan fingerprint density at radius 2 is 1.64 bits per heavy atom. The van der Waals surface area contributed by atoms with Crippen molar-refractivity contribution < 1.29 is 52.5 Å². The number of cyclic esters (lactones) is 1. The van der Waals surface area contributed by atoms with Crippen LogP contribution in [-0.2, 0) is 69.8 Å². The molecule has 6 amide bonds. The molecule has 7 N–H and O–H groups in total. The van der Waals surface area contributed by atoms with E-state index in [0.29, 0.717) is 57.4 Å². The quantitative estimate of drug-likeness (QED) is 0.0739. The van der Waals surface area contributed by atoms with Gasteiger partial charge in [0.25, 0.3) is 5.56 Å². The van der Waals surface area contributed by atoms with Crippen molar-refractivity contribution in [3.63, 3.8) is 0 Å². The molecule has 4 aromatic rings. The van der Waals surface area contributed by atoms with Gasteiger partial charge in [0.05, 0.1) is 48.1 Å². The number of nitrogens with one attached hydrogen (secondary N) is 6. The minimum atomic E-state index is -2.04. The third-order valence-electron chi connectivity index (χ3n) is 12.0. The lowest BCUT2D eigenvalue weighted by Gasteiger charge is -2.31. The number of aryl methyl sites for hydroxylation is 1. The molecule has 2 aromatic heterocycles. The van der Waals surface area contributed by atoms with E-state index in [0.717, 1.165) is 5.56 Å². The predicted octanol–water partition coefficient (Wildman–Crippen LogP) is 1.62. The molecule has 4 heterocycles. The molecule has 0 radical (unpaired) electrons. The van der Waals surface area contributed by atoms with Gasteiger partial charge in [0.1, 0.15) is 30.6 Å². The molecule has 1 aliphatic carbocycles. The minimum absolute atomic E-state index is 0.0406. The normalized spacial score (nSPS) is 17.2. The van der Waals surface area contributed by atoms with Gasteiger partial charge in [-0.15, -0.1) is 0 Å². The Labute approximate surface area is 383 Å². The number of aliphatic hydroxyl groups is 1. The Morgan fingerprint density at radius 3 is 2.36 bits per heavy atom. The lowest BCUT2D eigenvalue weighted by molar-refractivity contribution is -0.172. The third-order valence-corrected chi connectivity index (χ3v) is 12.0. The van der Waals surface area contributed by atoms with E-state index in [4.69, 9.17) is 14.5 Å². The zero-order valence-electron chi connectivity index (χ0n) is 37.8. The van der Waals surface area contributed by atoms with Gasteiger partial charge >= 0.3 is 12.1 Å². The highest BCUT2D eigenvalue weighted by molar-refractivity contribution is 5.95. The lowest BCUT2D eigenvalue weighted by Crippen LogP contribution is -2.52. The molecule has 7 rings (SSSR count). The molecular formula is C47H53FN8O11. The number of amides is 6. The number of rotatable bonds is 15. The van der Waals surface area contributed by atoms with Crippen LogP contribution in [-0.4, -0.2) is 94.1 Å². The maximum absolute atomic E-state index is 15.3. The maximum atomic E-state index is 15.3. The van der Waals surface area contributed by atoms with Crippen LogP contribution in [0.5, 0.6) is 0 Å². The van der Waals surface area contributed by atoms with Crippen molar-refractivity contribution in [2.24, 2.45) is 0 Å². The van der Waals surface area contributed by atoms with Crippen molar-refractivity contribution in [3.8, 4) is 11.4 Å². The van der Waals surface area contributed by atoms with Crippen LogP contribution in [0.25, 0.3) is 22.3 Å². The molecule has 0 saturated carbocycles. The second-order valence-corrected chi connectivity index (χ2v) is 17.7. The first kappa shape index (κ1) is 47.7. The number of benzene rings is 2. The van der Waals surface area contributed by atoms with E-state index in [-0.39, 0.29) is 50.1 Å². The monoisotopic (exact) mass is 924 g/mol. The van der Waals surface area contributed by atoms with Crippen molar-refractivity contribution in [1.82, 2.24) is 41.5 Å². The number of esters is 1. The summed E-state index contributed by atoms with van der Waals surface area (Å²) in [5.41, 5.74) is 1.26. The zero-order chi connectivity index (χ0) is 48.4. The fourth-order valence-electron chi connectivity index (χ4n) is 8.65. The number of ether oxygens (including phenoxy) is 2. The summed E-state index contributed by atoms with van der Waals surface area (Å²) in [6, 6.07) is 9.99. The van der Waals surface area contributed by atoms with Crippen LogP contribution >= 0.6 is 0 Å². The van der Waals surface area contributed by atoms with E-state index in [1.54, 1.807) is 71.0 Å². The summed E-state index contributed by atoms with van der Waals surface area (Å²) in [5, 5.41) is 27.4. The van der Waals surface area contributed by atoms with E-state index in [1.807, 2.05) is 0 Å². The number of alkyl carbamates (subject to hydrolysis) is 1. The summed E-state index contributed by atoms with van der Waals surface area (Å²) >= 11 is 0. The summed E-state index contributed by atoms with van der Waals surface area (Å²) in [6.45, 7) is 6.51. The first-order chi connectivity index (χ1) is 31.8. The van der Waals surface area contributed by atoms with E-state index in [2.05, 4.69) is 31.9 Å². The van der Waals surface area contributed by atoms with E-state index >= 15 is 4.39 Å². The van der Waals surface area contributed by atoms with Gasteiger partial charge in [-0.1, -0.05) is 37.3 Å². The van der Waals surface area contributed by atoms with Crippen molar-refractivity contribution >= 4 is 52.5 Å². The zero-order valence-corrected chi connectivity index (χ0v) is 37.8. The van der Waals surface area contributed by atoms with Gasteiger partial charge in [-0.05, 0) is 75.3 Å². The standard InChI is InChI=1S/C47H53FN8O11/c1-6-47(65)29-17-34-41-27(22-56(34)43(62)28(29)23-66-44(47)63)40-31(13-12-26-24(2)30(48)18-32(55-41)39(26)40)53-35(57)14-15-49-36(58)19-51-42(61)33(16-25-10-8-7-9-11-25)54-38(60)21-50-37(59)20-52-45(64)67-46(3,4)5/h7-11,17-18,31,33,65H,6,12-16,19-23H2,1-5H3,(H,49,58)(H,50,59)(H,51,61)(H,52,64)(H,53,57)(H,54,60)/t31-,33-,47-/m0/s1. The van der Waals surface area contributed by atoms with Gasteiger partial charge in [-0.2, -0.15) is 0 Å². The number of carbonyl (C=O) groups excluding carboxylic acids is 7. The van der Waals surface area contributed by atoms with E-state index in [9.17, 15) is 43.5 Å². The Bertz CT molecular complexity index is 2750. The second kappa shape index (κ2) is 19.3. The molecule has 0 spiro atoms. The van der Waals surface area contributed by atoms with Gasteiger partial charge in [-0.25, -0.2) is 19.0 Å². The highest BCUT2D eigenvalue weighted by Gasteiger charge is 2.46. The summed E-state index contributed by atoms with van der Waals surface area (Å²) in [7, 11) is 0. The summed E-state index contributed by atoms with van der Waals surface area (Å²) in [4.78, 5) is 108. The molecule has 2 aliphatic heterocycles. The number of aromatic nitrogens is 2. The number of hydrogen-bond donors (Lipinski definition) is 7. The Kier molecular flexibility index (Phi) is 13.8. The largest absolute Gasteiger partial charge is 0.458 e.